The monoisotopic (exact) mass is 328 g/mol. The van der Waals surface area contributed by atoms with E-state index in [9.17, 15) is 4.79 Å². The molecule has 0 fully saturated rings. The van der Waals surface area contributed by atoms with Crippen LogP contribution < -0.4 is 15.4 Å². The first-order chi connectivity index (χ1) is 9.08. The van der Waals surface area contributed by atoms with Crippen LogP contribution in [0.2, 0.25) is 0 Å². The molecule has 1 rings (SSSR count). The molecule has 4 nitrogen and oxygen atoms in total. The number of benzene rings is 1. The van der Waals surface area contributed by atoms with Crippen LogP contribution in [0.15, 0.2) is 28.7 Å². The fourth-order valence-electron chi connectivity index (χ4n) is 1.35. The minimum absolute atomic E-state index is 0.0253. The van der Waals surface area contributed by atoms with Crippen LogP contribution >= 0.6 is 15.9 Å². The maximum atomic E-state index is 11.4. The maximum Gasteiger partial charge on any atom is 0.233 e. The van der Waals surface area contributed by atoms with Gasteiger partial charge in [-0.15, -0.1) is 0 Å². The van der Waals surface area contributed by atoms with E-state index in [4.69, 9.17) is 4.74 Å². The smallest absolute Gasteiger partial charge is 0.233 e. The van der Waals surface area contributed by atoms with Crippen molar-refractivity contribution < 1.29 is 9.53 Å². The van der Waals surface area contributed by atoms with Gasteiger partial charge in [-0.1, -0.05) is 29.8 Å². The van der Waals surface area contributed by atoms with Crippen molar-refractivity contribution in [3.63, 3.8) is 0 Å². The first-order valence-corrected chi connectivity index (χ1v) is 7.23. The number of hydrogen-bond donors (Lipinski definition) is 2. The van der Waals surface area contributed by atoms with Crippen LogP contribution in [0.5, 0.6) is 5.75 Å². The van der Waals surface area contributed by atoms with Crippen molar-refractivity contribution in [1.82, 2.24) is 10.6 Å². The lowest BCUT2D eigenvalue weighted by molar-refractivity contribution is -0.120. The number of nitrogens with one attached hydrogen (secondary N) is 2. The van der Waals surface area contributed by atoms with Crippen LogP contribution in [-0.4, -0.2) is 32.1 Å². The summed E-state index contributed by atoms with van der Waals surface area (Å²) in [5.74, 6) is 1.33. The fourth-order valence-corrected chi connectivity index (χ4v) is 1.62. The van der Waals surface area contributed by atoms with Crippen molar-refractivity contribution in [2.75, 3.05) is 26.2 Å². The van der Waals surface area contributed by atoms with Gasteiger partial charge in [0.15, 0.2) is 0 Å². The summed E-state index contributed by atoms with van der Waals surface area (Å²) in [6.45, 7) is 6.37. The maximum absolute atomic E-state index is 11.4. The Morgan fingerprint density at radius 2 is 2.00 bits per heavy atom. The van der Waals surface area contributed by atoms with E-state index in [0.29, 0.717) is 25.6 Å². The van der Waals surface area contributed by atoms with Gasteiger partial charge in [0.25, 0.3) is 0 Å². The molecule has 0 radical (unpaired) electrons. The second-order valence-corrected chi connectivity index (χ2v) is 5.59. The molecule has 0 atom stereocenters. The Bertz CT molecular complexity index is 380. The molecule has 0 bridgehead atoms. The third-order valence-corrected chi connectivity index (χ3v) is 2.88. The van der Waals surface area contributed by atoms with Gasteiger partial charge in [0, 0.05) is 17.6 Å². The molecular formula is C14H21BrN2O2. The summed E-state index contributed by atoms with van der Waals surface area (Å²) < 4.78 is 6.55. The summed E-state index contributed by atoms with van der Waals surface area (Å²) in [5.41, 5.74) is 0. The topological polar surface area (TPSA) is 50.4 Å². The van der Waals surface area contributed by atoms with Crippen molar-refractivity contribution in [1.29, 1.82) is 0 Å². The van der Waals surface area contributed by atoms with Crippen molar-refractivity contribution in [3.8, 4) is 5.75 Å². The largest absolute Gasteiger partial charge is 0.492 e. The molecule has 0 heterocycles. The number of hydrogen-bond acceptors (Lipinski definition) is 3. The van der Waals surface area contributed by atoms with E-state index in [1.165, 1.54) is 0 Å². The molecule has 0 saturated carbocycles. The summed E-state index contributed by atoms with van der Waals surface area (Å²) in [4.78, 5) is 11.4. The molecule has 2 N–H and O–H groups in total. The summed E-state index contributed by atoms with van der Waals surface area (Å²) in [6, 6.07) is 7.67. The molecule has 0 aliphatic heterocycles. The van der Waals surface area contributed by atoms with E-state index < -0.39 is 0 Å². The molecule has 106 valence electrons. The average Bonchev–Trinajstić information content (AvgIpc) is 2.38. The molecule has 0 spiro atoms. The van der Waals surface area contributed by atoms with Gasteiger partial charge in [0.1, 0.15) is 12.4 Å². The average molecular weight is 329 g/mol. The van der Waals surface area contributed by atoms with Gasteiger partial charge < -0.3 is 15.4 Å². The number of ether oxygens (including phenoxy) is 1. The van der Waals surface area contributed by atoms with Gasteiger partial charge in [-0.25, -0.2) is 0 Å². The third kappa shape index (κ3) is 7.85. The molecule has 5 heteroatoms. The summed E-state index contributed by atoms with van der Waals surface area (Å²) in [7, 11) is 0. The van der Waals surface area contributed by atoms with Crippen molar-refractivity contribution in [2.45, 2.75) is 13.8 Å². The van der Waals surface area contributed by atoms with Gasteiger partial charge >= 0.3 is 0 Å². The van der Waals surface area contributed by atoms with Gasteiger partial charge in [-0.2, -0.15) is 0 Å². The molecular weight excluding hydrogens is 308 g/mol. The zero-order chi connectivity index (χ0) is 14.1. The molecule has 0 unspecified atom stereocenters. The van der Waals surface area contributed by atoms with Crippen LogP contribution in [0.3, 0.4) is 0 Å². The Balaban J connectivity index is 2.05. The van der Waals surface area contributed by atoms with Crippen LogP contribution in [0.1, 0.15) is 13.8 Å². The molecule has 0 aromatic heterocycles. The highest BCUT2D eigenvalue weighted by Gasteiger charge is 2.01. The molecule has 1 aromatic carbocycles. The number of carbonyl (C=O) groups excluding carboxylic acids is 1. The highest BCUT2D eigenvalue weighted by atomic mass is 79.9. The van der Waals surface area contributed by atoms with E-state index in [2.05, 4.69) is 40.4 Å². The predicted molar refractivity (Wildman–Crippen MR) is 80.4 cm³/mol. The van der Waals surface area contributed by atoms with E-state index in [1.54, 1.807) is 0 Å². The number of halogens is 1. The Labute approximate surface area is 123 Å². The van der Waals surface area contributed by atoms with Crippen LogP contribution in [0, 0.1) is 5.92 Å². The lowest BCUT2D eigenvalue weighted by Crippen LogP contribution is -2.37. The predicted octanol–water partition coefficient (Wildman–Crippen LogP) is 2.19. The van der Waals surface area contributed by atoms with E-state index >= 15 is 0 Å². The van der Waals surface area contributed by atoms with Crippen LogP contribution in [0.25, 0.3) is 0 Å². The van der Waals surface area contributed by atoms with E-state index in [1.807, 2.05) is 24.3 Å². The van der Waals surface area contributed by atoms with Crippen LogP contribution in [-0.2, 0) is 4.79 Å². The quantitative estimate of drug-likeness (QED) is 0.719. The lowest BCUT2D eigenvalue weighted by atomic mass is 10.2. The van der Waals surface area contributed by atoms with E-state index in [0.717, 1.165) is 16.8 Å². The van der Waals surface area contributed by atoms with Gasteiger partial charge in [-0.3, -0.25) is 4.79 Å². The molecule has 19 heavy (non-hydrogen) atoms. The van der Waals surface area contributed by atoms with Crippen molar-refractivity contribution >= 4 is 21.8 Å². The van der Waals surface area contributed by atoms with Gasteiger partial charge in [0.05, 0.1) is 6.54 Å². The second kappa shape index (κ2) is 8.93. The third-order valence-electron chi connectivity index (χ3n) is 2.35. The zero-order valence-electron chi connectivity index (χ0n) is 11.4. The minimum Gasteiger partial charge on any atom is -0.492 e. The first kappa shape index (κ1) is 16.0. The first-order valence-electron chi connectivity index (χ1n) is 6.43. The van der Waals surface area contributed by atoms with Gasteiger partial charge in [-0.05, 0) is 30.2 Å². The van der Waals surface area contributed by atoms with Crippen molar-refractivity contribution in [2.24, 2.45) is 5.92 Å². The zero-order valence-corrected chi connectivity index (χ0v) is 13.0. The Morgan fingerprint density at radius 1 is 1.32 bits per heavy atom. The molecule has 0 aliphatic carbocycles. The lowest BCUT2D eigenvalue weighted by Gasteiger charge is -2.09. The Hall–Kier alpha value is -1.07. The van der Waals surface area contributed by atoms with Crippen LogP contribution in [0.4, 0.5) is 0 Å². The van der Waals surface area contributed by atoms with Crippen molar-refractivity contribution in [3.05, 3.63) is 28.7 Å². The summed E-state index contributed by atoms with van der Waals surface area (Å²) in [6.07, 6.45) is 0. The molecule has 0 aliphatic rings. The Morgan fingerprint density at radius 3 is 2.63 bits per heavy atom. The molecule has 1 aromatic rings. The summed E-state index contributed by atoms with van der Waals surface area (Å²) in [5, 5.41) is 5.89. The highest BCUT2D eigenvalue weighted by molar-refractivity contribution is 9.10. The van der Waals surface area contributed by atoms with Gasteiger partial charge in [0.2, 0.25) is 5.91 Å². The molecule has 0 saturated heterocycles. The highest BCUT2D eigenvalue weighted by Crippen LogP contribution is 2.15. The number of rotatable bonds is 8. The number of amides is 1. The Kier molecular flexibility index (Phi) is 7.52. The van der Waals surface area contributed by atoms with E-state index in [-0.39, 0.29) is 5.91 Å². The molecule has 1 amide bonds. The SMILES string of the molecule is CC(C)CNC(=O)CNCCOc1ccc(Br)cc1. The standard InChI is InChI=1S/C14H21BrN2O2/c1-11(2)9-17-14(18)10-16-7-8-19-13-5-3-12(15)4-6-13/h3-6,11,16H,7-10H2,1-2H3,(H,17,18). The minimum atomic E-state index is 0.0253. The fraction of sp³-hybridized carbons (Fsp3) is 0.500. The summed E-state index contributed by atoms with van der Waals surface area (Å²) >= 11 is 3.37. The second-order valence-electron chi connectivity index (χ2n) is 4.68. The normalized spacial score (nSPS) is 10.5. The number of carbonyl (C=O) groups is 1.